The fourth-order valence-corrected chi connectivity index (χ4v) is 0.981. The predicted octanol–water partition coefficient (Wildman–Crippen LogP) is -1.25. The first-order valence-electron chi connectivity index (χ1n) is 4.75. The standard InChI is InChI=1S/C9H14N4O4/c1-16-6-3-7(17-2)13-9(12-6)11-4-5(14)8(10)15/h3,5,14H,4H2,1-2H3,(H2,10,15)(H,11,12,13). The molecule has 1 aromatic heterocycles. The second-order valence-corrected chi connectivity index (χ2v) is 3.08. The van der Waals surface area contributed by atoms with Crippen LogP contribution < -0.4 is 20.5 Å². The van der Waals surface area contributed by atoms with Gasteiger partial charge < -0.3 is 25.6 Å². The Kier molecular flexibility index (Phi) is 4.46. The Labute approximate surface area is 97.8 Å². The molecule has 8 heteroatoms. The van der Waals surface area contributed by atoms with Crippen LogP contribution in [0.5, 0.6) is 11.8 Å². The van der Waals surface area contributed by atoms with Crippen LogP contribution in [0.15, 0.2) is 6.07 Å². The second-order valence-electron chi connectivity index (χ2n) is 3.08. The van der Waals surface area contributed by atoms with E-state index < -0.39 is 12.0 Å². The van der Waals surface area contributed by atoms with E-state index in [0.717, 1.165) is 0 Å². The zero-order chi connectivity index (χ0) is 12.8. The highest BCUT2D eigenvalue weighted by molar-refractivity contribution is 5.79. The van der Waals surface area contributed by atoms with Gasteiger partial charge in [-0.3, -0.25) is 4.79 Å². The van der Waals surface area contributed by atoms with Crippen LogP contribution in [-0.2, 0) is 4.79 Å². The number of nitrogens with zero attached hydrogens (tertiary/aromatic N) is 2. The molecule has 1 heterocycles. The first-order chi connectivity index (χ1) is 8.06. The minimum atomic E-state index is -1.31. The van der Waals surface area contributed by atoms with Gasteiger partial charge in [0.1, 0.15) is 6.10 Å². The maximum atomic E-state index is 10.6. The number of carbonyl (C=O) groups excluding carboxylic acids is 1. The summed E-state index contributed by atoms with van der Waals surface area (Å²) in [7, 11) is 2.90. The van der Waals surface area contributed by atoms with Crippen LogP contribution in [0, 0.1) is 0 Å². The van der Waals surface area contributed by atoms with Crippen molar-refractivity contribution in [3.63, 3.8) is 0 Å². The monoisotopic (exact) mass is 242 g/mol. The fraction of sp³-hybridized carbons (Fsp3) is 0.444. The first-order valence-corrected chi connectivity index (χ1v) is 4.75. The molecule has 0 radical (unpaired) electrons. The summed E-state index contributed by atoms with van der Waals surface area (Å²) in [4.78, 5) is 18.5. The van der Waals surface area contributed by atoms with Crippen molar-refractivity contribution in [2.75, 3.05) is 26.1 Å². The Hall–Kier alpha value is -2.09. The zero-order valence-electron chi connectivity index (χ0n) is 9.51. The van der Waals surface area contributed by atoms with Crippen molar-refractivity contribution in [2.24, 2.45) is 5.73 Å². The number of amides is 1. The highest BCUT2D eigenvalue weighted by Crippen LogP contribution is 2.16. The molecule has 17 heavy (non-hydrogen) atoms. The van der Waals surface area contributed by atoms with Gasteiger partial charge in [-0.1, -0.05) is 0 Å². The number of hydrogen-bond donors (Lipinski definition) is 3. The molecule has 1 rings (SSSR count). The van der Waals surface area contributed by atoms with E-state index in [4.69, 9.17) is 15.2 Å². The zero-order valence-corrected chi connectivity index (χ0v) is 9.51. The molecule has 1 atom stereocenters. The summed E-state index contributed by atoms with van der Waals surface area (Å²) in [6, 6.07) is 1.50. The molecule has 8 nitrogen and oxygen atoms in total. The van der Waals surface area contributed by atoms with E-state index in [1.807, 2.05) is 0 Å². The summed E-state index contributed by atoms with van der Waals surface area (Å²) in [5.74, 6) is -0.0605. The smallest absolute Gasteiger partial charge is 0.248 e. The Balaban J connectivity index is 2.73. The van der Waals surface area contributed by atoms with Crippen LogP contribution in [-0.4, -0.2) is 47.8 Å². The maximum absolute atomic E-state index is 10.6. The van der Waals surface area contributed by atoms with Crippen molar-refractivity contribution in [3.05, 3.63) is 6.07 Å². The maximum Gasteiger partial charge on any atom is 0.248 e. The molecule has 1 amide bonds. The summed E-state index contributed by atoms with van der Waals surface area (Å²) in [6.45, 7) is -0.0916. The number of rotatable bonds is 6. The van der Waals surface area contributed by atoms with Crippen LogP contribution in [0.2, 0.25) is 0 Å². The van der Waals surface area contributed by atoms with Gasteiger partial charge in [-0.25, -0.2) is 0 Å². The minimum absolute atomic E-state index is 0.0916. The van der Waals surface area contributed by atoms with Crippen LogP contribution in [0.4, 0.5) is 5.95 Å². The van der Waals surface area contributed by atoms with E-state index in [2.05, 4.69) is 15.3 Å². The largest absolute Gasteiger partial charge is 0.481 e. The Morgan fingerprint density at radius 2 is 2.00 bits per heavy atom. The number of aliphatic hydroxyl groups excluding tert-OH is 1. The number of aliphatic hydroxyl groups is 1. The predicted molar refractivity (Wildman–Crippen MR) is 58.8 cm³/mol. The number of ether oxygens (including phenoxy) is 2. The molecular formula is C9H14N4O4. The van der Waals surface area contributed by atoms with Gasteiger partial charge in [-0.05, 0) is 0 Å². The molecule has 0 spiro atoms. The number of hydrogen-bond acceptors (Lipinski definition) is 7. The van der Waals surface area contributed by atoms with Crippen molar-refractivity contribution in [2.45, 2.75) is 6.10 Å². The molecule has 0 aliphatic carbocycles. The topological polar surface area (TPSA) is 120 Å². The Morgan fingerprint density at radius 1 is 1.47 bits per heavy atom. The Morgan fingerprint density at radius 3 is 2.41 bits per heavy atom. The van der Waals surface area contributed by atoms with E-state index in [1.54, 1.807) is 0 Å². The molecule has 0 aliphatic heterocycles. The van der Waals surface area contributed by atoms with Gasteiger partial charge in [0.2, 0.25) is 23.6 Å². The number of nitrogens with two attached hydrogens (primary N) is 1. The number of aromatic nitrogens is 2. The molecular weight excluding hydrogens is 228 g/mol. The molecule has 1 unspecified atom stereocenters. The van der Waals surface area contributed by atoms with Crippen LogP contribution in [0.1, 0.15) is 0 Å². The third-order valence-corrected chi connectivity index (χ3v) is 1.88. The molecule has 0 aromatic carbocycles. The number of anilines is 1. The van der Waals surface area contributed by atoms with Gasteiger partial charge in [0, 0.05) is 0 Å². The van der Waals surface area contributed by atoms with Gasteiger partial charge in [0.05, 0.1) is 26.8 Å². The van der Waals surface area contributed by atoms with E-state index in [1.165, 1.54) is 20.3 Å². The van der Waals surface area contributed by atoms with Crippen LogP contribution in [0.25, 0.3) is 0 Å². The average molecular weight is 242 g/mol. The summed E-state index contributed by atoms with van der Waals surface area (Å²) >= 11 is 0. The lowest BCUT2D eigenvalue weighted by atomic mass is 10.3. The lowest BCUT2D eigenvalue weighted by Crippen LogP contribution is -2.34. The SMILES string of the molecule is COc1cc(OC)nc(NCC(O)C(N)=O)n1. The van der Waals surface area contributed by atoms with Crippen molar-refractivity contribution >= 4 is 11.9 Å². The molecule has 0 fully saturated rings. The average Bonchev–Trinajstić information content (AvgIpc) is 2.35. The summed E-state index contributed by atoms with van der Waals surface area (Å²) in [6.07, 6.45) is -1.31. The minimum Gasteiger partial charge on any atom is -0.481 e. The van der Waals surface area contributed by atoms with Gasteiger partial charge in [0.25, 0.3) is 0 Å². The highest BCUT2D eigenvalue weighted by atomic mass is 16.5. The lowest BCUT2D eigenvalue weighted by Gasteiger charge is -2.10. The normalized spacial score (nSPS) is 11.7. The summed E-state index contributed by atoms with van der Waals surface area (Å²) in [5, 5.41) is 11.8. The third-order valence-electron chi connectivity index (χ3n) is 1.88. The van der Waals surface area contributed by atoms with Crippen molar-refractivity contribution < 1.29 is 19.4 Å². The Bertz CT molecular complexity index is 376. The number of carbonyl (C=O) groups is 1. The number of methoxy groups -OCH3 is 2. The third kappa shape index (κ3) is 3.76. The van der Waals surface area contributed by atoms with Crippen molar-refractivity contribution in [3.8, 4) is 11.8 Å². The number of nitrogens with one attached hydrogen (secondary N) is 1. The molecule has 0 saturated heterocycles. The number of primary amides is 1. The lowest BCUT2D eigenvalue weighted by molar-refractivity contribution is -0.125. The van der Waals surface area contributed by atoms with E-state index in [9.17, 15) is 9.90 Å². The molecule has 1 aromatic rings. The molecule has 0 aliphatic rings. The van der Waals surface area contributed by atoms with Gasteiger partial charge >= 0.3 is 0 Å². The fourth-order valence-electron chi connectivity index (χ4n) is 0.981. The highest BCUT2D eigenvalue weighted by Gasteiger charge is 2.12. The van der Waals surface area contributed by atoms with Crippen molar-refractivity contribution in [1.82, 2.24) is 9.97 Å². The molecule has 4 N–H and O–H groups in total. The molecule has 0 bridgehead atoms. The van der Waals surface area contributed by atoms with Crippen LogP contribution >= 0.6 is 0 Å². The first kappa shape index (κ1) is 13.0. The second kappa shape index (κ2) is 5.85. The van der Waals surface area contributed by atoms with E-state index in [-0.39, 0.29) is 12.5 Å². The quantitative estimate of drug-likeness (QED) is 0.570. The van der Waals surface area contributed by atoms with E-state index >= 15 is 0 Å². The van der Waals surface area contributed by atoms with E-state index in [0.29, 0.717) is 11.8 Å². The van der Waals surface area contributed by atoms with Crippen LogP contribution in [0.3, 0.4) is 0 Å². The van der Waals surface area contributed by atoms with Gasteiger partial charge in [-0.2, -0.15) is 9.97 Å². The summed E-state index contributed by atoms with van der Waals surface area (Å²) in [5.41, 5.74) is 4.89. The molecule has 94 valence electrons. The molecule has 0 saturated carbocycles. The van der Waals surface area contributed by atoms with Gasteiger partial charge in [-0.15, -0.1) is 0 Å². The van der Waals surface area contributed by atoms with Crippen molar-refractivity contribution in [1.29, 1.82) is 0 Å². The van der Waals surface area contributed by atoms with Gasteiger partial charge in [0.15, 0.2) is 0 Å². The summed E-state index contributed by atoms with van der Waals surface area (Å²) < 4.78 is 9.85.